The normalized spacial score (nSPS) is 15.8. The number of hydrogen-bond donors (Lipinski definition) is 1. The van der Waals surface area contributed by atoms with Gasteiger partial charge in [-0.2, -0.15) is 13.2 Å². The highest BCUT2D eigenvalue weighted by Gasteiger charge is 2.38. The Morgan fingerprint density at radius 3 is 2.50 bits per heavy atom. The third kappa shape index (κ3) is 4.93. The van der Waals surface area contributed by atoms with Gasteiger partial charge in [0.05, 0.1) is 39.7 Å². The van der Waals surface area contributed by atoms with Crippen LogP contribution in [0.2, 0.25) is 4.34 Å². The summed E-state index contributed by atoms with van der Waals surface area (Å²) in [5.41, 5.74) is 4.76. The number of thiophene rings is 1. The quantitative estimate of drug-likeness (QED) is 0.226. The van der Waals surface area contributed by atoms with Crippen molar-refractivity contribution in [2.75, 3.05) is 12.9 Å². The van der Waals surface area contributed by atoms with Gasteiger partial charge in [0.2, 0.25) is 0 Å². The Balaban J connectivity index is 1.79. The molecule has 0 radical (unpaired) electrons. The number of fused-ring (bicyclic) bond motifs is 1. The van der Waals surface area contributed by atoms with Crippen molar-refractivity contribution in [1.29, 1.82) is 0 Å². The van der Waals surface area contributed by atoms with Crippen LogP contribution in [0.5, 0.6) is 5.75 Å². The first kappa shape index (κ1) is 28.7. The number of alkyl halides is 3. The molecular weight excluding hydrogens is 591 g/mol. The molecule has 0 saturated carbocycles. The lowest BCUT2D eigenvalue weighted by Crippen LogP contribution is -2.33. The zero-order chi connectivity index (χ0) is 28.9. The van der Waals surface area contributed by atoms with Crippen molar-refractivity contribution in [3.8, 4) is 16.9 Å². The molecule has 2 atom stereocenters. The minimum absolute atomic E-state index is 0.0519. The Bertz CT molecular complexity index is 1670. The van der Waals surface area contributed by atoms with Gasteiger partial charge in [-0.25, -0.2) is 8.78 Å². The molecule has 0 bridgehead atoms. The standard InChI is InChI=1S/C28H22ClF5N2O2S2/c1-13-15(11-16-17(28(32,33)34)6-4-7-18(16)30)27-36(19(12-39-27)25(35)21-9-10-22(29)40-21)26(37)23(13)14-5-3-8-20(38-2)24(14)31/h3-10,19,25H,11-12,35H2,1-2H3. The predicted octanol–water partition coefficient (Wildman–Crippen LogP) is 7.78. The summed E-state index contributed by atoms with van der Waals surface area (Å²) in [6.45, 7) is 1.53. The molecule has 1 aliphatic rings. The van der Waals surface area contributed by atoms with E-state index in [0.717, 1.165) is 18.2 Å². The molecule has 4 aromatic rings. The lowest BCUT2D eigenvalue weighted by molar-refractivity contribution is -0.138. The molecule has 210 valence electrons. The van der Waals surface area contributed by atoms with Crippen LogP contribution in [0, 0.1) is 18.6 Å². The van der Waals surface area contributed by atoms with Crippen molar-refractivity contribution in [2.24, 2.45) is 5.73 Å². The maximum Gasteiger partial charge on any atom is 0.416 e. The number of hydrogen-bond acceptors (Lipinski definition) is 5. The highest BCUT2D eigenvalue weighted by Crippen LogP contribution is 2.45. The van der Waals surface area contributed by atoms with Crippen LogP contribution in [0.25, 0.3) is 11.1 Å². The molecule has 0 amide bonds. The average molecular weight is 613 g/mol. The maximum atomic E-state index is 15.5. The second kappa shape index (κ2) is 10.8. The molecule has 2 aromatic carbocycles. The van der Waals surface area contributed by atoms with Gasteiger partial charge in [-0.05, 0) is 48.4 Å². The van der Waals surface area contributed by atoms with Crippen LogP contribution in [0.1, 0.15) is 39.2 Å². The van der Waals surface area contributed by atoms with Crippen molar-refractivity contribution in [2.45, 2.75) is 36.6 Å². The van der Waals surface area contributed by atoms with Gasteiger partial charge >= 0.3 is 6.18 Å². The third-order valence-electron chi connectivity index (χ3n) is 7.03. The summed E-state index contributed by atoms with van der Waals surface area (Å²) >= 11 is 8.60. The van der Waals surface area contributed by atoms with Crippen molar-refractivity contribution in [3.05, 3.63) is 102 Å². The summed E-state index contributed by atoms with van der Waals surface area (Å²) in [7, 11) is 1.28. The minimum atomic E-state index is -4.81. The molecule has 12 heteroatoms. The van der Waals surface area contributed by atoms with Crippen molar-refractivity contribution >= 4 is 34.7 Å². The molecule has 40 heavy (non-hydrogen) atoms. The van der Waals surface area contributed by atoms with Gasteiger partial charge in [-0.15, -0.1) is 23.1 Å². The molecule has 0 aliphatic carbocycles. The van der Waals surface area contributed by atoms with E-state index in [4.69, 9.17) is 22.1 Å². The largest absolute Gasteiger partial charge is 0.494 e. The topological polar surface area (TPSA) is 57.2 Å². The molecule has 0 spiro atoms. The lowest BCUT2D eigenvalue weighted by atomic mass is 9.92. The van der Waals surface area contributed by atoms with E-state index in [2.05, 4.69) is 0 Å². The van der Waals surface area contributed by atoms with Crippen LogP contribution in [0.4, 0.5) is 22.0 Å². The van der Waals surface area contributed by atoms with Gasteiger partial charge < -0.3 is 10.5 Å². The second-order valence-corrected chi connectivity index (χ2v) is 12.0. The van der Waals surface area contributed by atoms with Crippen LogP contribution in [0.15, 0.2) is 58.4 Å². The van der Waals surface area contributed by atoms with Crippen LogP contribution in [-0.2, 0) is 12.6 Å². The average Bonchev–Trinajstić information content (AvgIpc) is 3.54. The smallest absolute Gasteiger partial charge is 0.416 e. The Morgan fingerprint density at radius 2 is 1.85 bits per heavy atom. The van der Waals surface area contributed by atoms with Gasteiger partial charge in [-0.3, -0.25) is 9.36 Å². The zero-order valence-electron chi connectivity index (χ0n) is 21.1. The molecule has 3 heterocycles. The van der Waals surface area contributed by atoms with E-state index in [1.807, 2.05) is 0 Å². The summed E-state index contributed by atoms with van der Waals surface area (Å²) in [6.07, 6.45) is -5.28. The van der Waals surface area contributed by atoms with Crippen LogP contribution in [0.3, 0.4) is 0 Å². The number of aromatic nitrogens is 1. The van der Waals surface area contributed by atoms with Crippen molar-refractivity contribution in [3.63, 3.8) is 0 Å². The number of nitrogens with two attached hydrogens (primary N) is 1. The SMILES string of the molecule is COc1cccc(-c2c(C)c(Cc3c(F)cccc3C(F)(F)F)c3n(c2=O)C(C(N)c2ccc(Cl)s2)CS3)c1F. The molecule has 5 rings (SSSR count). The molecule has 2 aromatic heterocycles. The Kier molecular flexibility index (Phi) is 7.77. The summed E-state index contributed by atoms with van der Waals surface area (Å²) in [5, 5.41) is 0.369. The van der Waals surface area contributed by atoms with Crippen LogP contribution >= 0.6 is 34.7 Å². The van der Waals surface area contributed by atoms with Gasteiger partial charge in [0.25, 0.3) is 5.56 Å². The van der Waals surface area contributed by atoms with Gasteiger partial charge in [-0.1, -0.05) is 29.8 Å². The number of benzene rings is 2. The van der Waals surface area contributed by atoms with E-state index < -0.39 is 53.0 Å². The second-order valence-electron chi connectivity index (χ2n) is 9.27. The van der Waals surface area contributed by atoms with Crippen LogP contribution in [-0.4, -0.2) is 17.4 Å². The van der Waals surface area contributed by atoms with Crippen molar-refractivity contribution < 1.29 is 26.7 Å². The fourth-order valence-electron chi connectivity index (χ4n) is 5.06. The molecule has 0 fully saturated rings. The number of rotatable bonds is 6. The van der Waals surface area contributed by atoms with E-state index in [0.29, 0.717) is 20.0 Å². The monoisotopic (exact) mass is 612 g/mol. The lowest BCUT2D eigenvalue weighted by Gasteiger charge is -2.24. The Morgan fingerprint density at radius 1 is 1.12 bits per heavy atom. The molecule has 2 N–H and O–H groups in total. The summed E-state index contributed by atoms with van der Waals surface area (Å²) in [4.78, 5) is 14.8. The molecule has 1 aliphatic heterocycles. The molecule has 0 saturated heterocycles. The molecule has 4 nitrogen and oxygen atoms in total. The number of nitrogens with zero attached hydrogens (tertiary/aromatic N) is 1. The minimum Gasteiger partial charge on any atom is -0.494 e. The number of pyridine rings is 1. The molecule has 2 unspecified atom stereocenters. The first-order valence-corrected chi connectivity index (χ1v) is 14.2. The number of ether oxygens (including phenoxy) is 1. The predicted molar refractivity (Wildman–Crippen MR) is 148 cm³/mol. The molecular formula is C28H22ClF5N2O2S2. The fraction of sp³-hybridized carbons (Fsp3) is 0.250. The number of methoxy groups -OCH3 is 1. The van der Waals surface area contributed by atoms with E-state index in [9.17, 15) is 22.4 Å². The van der Waals surface area contributed by atoms with Crippen LogP contribution < -0.4 is 16.0 Å². The van der Waals surface area contributed by atoms with E-state index in [-0.39, 0.29) is 28.0 Å². The Hall–Kier alpha value is -2.86. The fourth-order valence-corrected chi connectivity index (χ4v) is 7.62. The van der Waals surface area contributed by atoms with Gasteiger partial charge in [0.1, 0.15) is 5.82 Å². The van der Waals surface area contributed by atoms with E-state index >= 15 is 4.39 Å². The van der Waals surface area contributed by atoms with Gasteiger partial charge in [0.15, 0.2) is 11.6 Å². The summed E-state index contributed by atoms with van der Waals surface area (Å²) in [6, 6.07) is 9.22. The van der Waals surface area contributed by atoms with Gasteiger partial charge in [0, 0.05) is 28.2 Å². The number of halogens is 6. The Labute approximate surface area is 239 Å². The van der Waals surface area contributed by atoms with E-state index in [1.165, 1.54) is 59.9 Å². The highest BCUT2D eigenvalue weighted by atomic mass is 35.5. The van der Waals surface area contributed by atoms with Crippen molar-refractivity contribution in [1.82, 2.24) is 4.57 Å². The summed E-state index contributed by atoms with van der Waals surface area (Å²) < 4.78 is 79.2. The highest BCUT2D eigenvalue weighted by molar-refractivity contribution is 7.99. The zero-order valence-corrected chi connectivity index (χ0v) is 23.5. The maximum absolute atomic E-state index is 15.5. The van der Waals surface area contributed by atoms with E-state index in [1.54, 1.807) is 12.1 Å². The first-order chi connectivity index (χ1) is 18.9. The summed E-state index contributed by atoms with van der Waals surface area (Å²) in [5.74, 6) is -1.60. The number of thioether (sulfide) groups is 1. The third-order valence-corrected chi connectivity index (χ3v) is 9.58. The first-order valence-electron chi connectivity index (χ1n) is 12.0.